The lowest BCUT2D eigenvalue weighted by atomic mass is 10.3. The van der Waals surface area contributed by atoms with Gasteiger partial charge in [-0.15, -0.1) is 10.2 Å². The average Bonchev–Trinajstić information content (AvgIpc) is 2.56. The van der Waals surface area contributed by atoms with Crippen molar-refractivity contribution in [1.82, 2.24) is 14.8 Å². The van der Waals surface area contributed by atoms with Crippen molar-refractivity contribution in [2.45, 2.75) is 6.92 Å². The van der Waals surface area contributed by atoms with Crippen LogP contribution in [0.4, 0.5) is 5.69 Å². The molecule has 0 saturated carbocycles. The Bertz CT molecular complexity index is 464. The number of nitrogens with two attached hydrogens (primary N) is 1. The summed E-state index contributed by atoms with van der Waals surface area (Å²) in [5.74, 6) is 0.775. The molecule has 0 amide bonds. The van der Waals surface area contributed by atoms with E-state index in [1.807, 2.05) is 6.92 Å². The normalized spacial score (nSPS) is 10.4. The van der Waals surface area contributed by atoms with E-state index in [1.54, 1.807) is 29.1 Å². The predicted octanol–water partition coefficient (Wildman–Crippen LogP) is 1.81. The third-order valence-electron chi connectivity index (χ3n) is 1.95. The first-order valence-electron chi connectivity index (χ1n) is 4.10. The van der Waals surface area contributed by atoms with Crippen LogP contribution < -0.4 is 5.73 Å². The second-order valence-electron chi connectivity index (χ2n) is 2.96. The van der Waals surface area contributed by atoms with E-state index in [-0.39, 0.29) is 0 Å². The first kappa shape index (κ1) is 9.02. The molecule has 2 aromatic rings. The summed E-state index contributed by atoms with van der Waals surface area (Å²) in [6, 6.07) is 5.30. The van der Waals surface area contributed by atoms with Gasteiger partial charge in [-0.3, -0.25) is 4.57 Å². The number of nitrogens with zero attached hydrogens (tertiary/aromatic N) is 3. The van der Waals surface area contributed by atoms with Crippen LogP contribution in [-0.4, -0.2) is 14.8 Å². The van der Waals surface area contributed by atoms with Crippen LogP contribution in [0.25, 0.3) is 5.69 Å². The van der Waals surface area contributed by atoms with Crippen LogP contribution in [0.1, 0.15) is 5.82 Å². The highest BCUT2D eigenvalue weighted by Gasteiger charge is 2.06. The monoisotopic (exact) mass is 208 g/mol. The fourth-order valence-corrected chi connectivity index (χ4v) is 1.45. The molecular formula is C9H9ClN4. The third kappa shape index (κ3) is 1.44. The minimum atomic E-state index is 0.627. The van der Waals surface area contributed by atoms with Crippen LogP contribution in [0, 0.1) is 6.92 Å². The van der Waals surface area contributed by atoms with Crippen LogP contribution in [-0.2, 0) is 0 Å². The maximum Gasteiger partial charge on any atom is 0.134 e. The lowest BCUT2D eigenvalue weighted by Crippen LogP contribution is -1.97. The van der Waals surface area contributed by atoms with Gasteiger partial charge in [-0.2, -0.15) is 0 Å². The van der Waals surface area contributed by atoms with E-state index in [4.69, 9.17) is 17.3 Å². The Morgan fingerprint density at radius 1 is 1.43 bits per heavy atom. The van der Waals surface area contributed by atoms with Crippen LogP contribution in [0.2, 0.25) is 5.02 Å². The zero-order chi connectivity index (χ0) is 10.1. The molecule has 1 aromatic heterocycles. The van der Waals surface area contributed by atoms with Crippen molar-refractivity contribution in [3.63, 3.8) is 0 Å². The van der Waals surface area contributed by atoms with Crippen LogP contribution >= 0.6 is 11.6 Å². The Morgan fingerprint density at radius 2 is 2.21 bits per heavy atom. The SMILES string of the molecule is Cc1nncn1-c1cc(N)ccc1Cl. The average molecular weight is 209 g/mol. The predicted molar refractivity (Wildman–Crippen MR) is 55.5 cm³/mol. The molecule has 1 heterocycles. The fraction of sp³-hybridized carbons (Fsp3) is 0.111. The van der Waals surface area contributed by atoms with E-state index >= 15 is 0 Å². The molecule has 0 saturated heterocycles. The van der Waals surface area contributed by atoms with Gasteiger partial charge < -0.3 is 5.73 Å². The Balaban J connectivity index is 2.62. The molecule has 0 atom stereocenters. The van der Waals surface area contributed by atoms with Gasteiger partial charge in [0.25, 0.3) is 0 Å². The van der Waals surface area contributed by atoms with E-state index in [2.05, 4.69) is 10.2 Å². The number of rotatable bonds is 1. The number of aromatic nitrogens is 3. The molecule has 0 aliphatic heterocycles. The highest BCUT2D eigenvalue weighted by atomic mass is 35.5. The molecule has 0 unspecified atom stereocenters. The maximum atomic E-state index is 6.03. The summed E-state index contributed by atoms with van der Waals surface area (Å²) in [5, 5.41) is 8.29. The third-order valence-corrected chi connectivity index (χ3v) is 2.27. The number of nitrogen functional groups attached to an aromatic ring is 1. The number of anilines is 1. The summed E-state index contributed by atoms with van der Waals surface area (Å²) in [6.45, 7) is 1.85. The van der Waals surface area contributed by atoms with Gasteiger partial charge in [0.2, 0.25) is 0 Å². The minimum Gasteiger partial charge on any atom is -0.399 e. The molecule has 5 heteroatoms. The van der Waals surface area contributed by atoms with Gasteiger partial charge in [0.15, 0.2) is 0 Å². The van der Waals surface area contributed by atoms with Gasteiger partial charge in [0, 0.05) is 5.69 Å². The Hall–Kier alpha value is -1.55. The van der Waals surface area contributed by atoms with Crippen molar-refractivity contribution in [3.05, 3.63) is 35.4 Å². The van der Waals surface area contributed by atoms with Crippen molar-refractivity contribution in [1.29, 1.82) is 0 Å². The molecule has 1 aromatic carbocycles. The standard InChI is InChI=1S/C9H9ClN4/c1-6-13-12-5-14(6)9-4-7(11)2-3-8(9)10/h2-5H,11H2,1H3. The molecule has 14 heavy (non-hydrogen) atoms. The number of hydrogen-bond donors (Lipinski definition) is 1. The van der Waals surface area contributed by atoms with Gasteiger partial charge >= 0.3 is 0 Å². The lowest BCUT2D eigenvalue weighted by Gasteiger charge is -2.06. The van der Waals surface area contributed by atoms with Gasteiger partial charge in [-0.25, -0.2) is 0 Å². The summed E-state index contributed by atoms with van der Waals surface area (Å²) in [6.07, 6.45) is 1.61. The Morgan fingerprint density at radius 3 is 2.86 bits per heavy atom. The molecule has 4 nitrogen and oxygen atoms in total. The van der Waals surface area contributed by atoms with Crippen LogP contribution in [0.15, 0.2) is 24.5 Å². The van der Waals surface area contributed by atoms with Crippen LogP contribution in [0.3, 0.4) is 0 Å². The largest absolute Gasteiger partial charge is 0.399 e. The van der Waals surface area contributed by atoms with Gasteiger partial charge in [-0.05, 0) is 25.1 Å². The minimum absolute atomic E-state index is 0.627. The van der Waals surface area contributed by atoms with E-state index in [0.717, 1.165) is 11.5 Å². The number of halogens is 1. The molecule has 0 bridgehead atoms. The Labute approximate surface area is 86.3 Å². The summed E-state index contributed by atoms with van der Waals surface area (Å²) in [4.78, 5) is 0. The smallest absolute Gasteiger partial charge is 0.134 e. The molecule has 0 spiro atoms. The molecule has 0 fully saturated rings. The number of benzene rings is 1. The number of aryl methyl sites for hydroxylation is 1. The molecule has 0 aliphatic carbocycles. The second-order valence-corrected chi connectivity index (χ2v) is 3.37. The van der Waals surface area contributed by atoms with Gasteiger partial charge in [0.1, 0.15) is 12.2 Å². The van der Waals surface area contributed by atoms with Crippen molar-refractivity contribution in [3.8, 4) is 5.69 Å². The highest BCUT2D eigenvalue weighted by Crippen LogP contribution is 2.23. The van der Waals surface area contributed by atoms with E-state index in [0.29, 0.717) is 10.7 Å². The molecule has 0 radical (unpaired) electrons. The fourth-order valence-electron chi connectivity index (χ4n) is 1.24. The van der Waals surface area contributed by atoms with Gasteiger partial charge in [-0.1, -0.05) is 11.6 Å². The highest BCUT2D eigenvalue weighted by molar-refractivity contribution is 6.32. The quantitative estimate of drug-likeness (QED) is 0.728. The molecule has 2 rings (SSSR count). The van der Waals surface area contributed by atoms with Crippen molar-refractivity contribution in [2.75, 3.05) is 5.73 Å². The molecular weight excluding hydrogens is 200 g/mol. The summed E-state index contributed by atoms with van der Waals surface area (Å²) in [7, 11) is 0. The topological polar surface area (TPSA) is 56.7 Å². The molecule has 72 valence electrons. The van der Waals surface area contributed by atoms with Crippen molar-refractivity contribution in [2.24, 2.45) is 0 Å². The van der Waals surface area contributed by atoms with Crippen LogP contribution in [0.5, 0.6) is 0 Å². The summed E-state index contributed by atoms with van der Waals surface area (Å²) < 4.78 is 1.79. The summed E-state index contributed by atoms with van der Waals surface area (Å²) >= 11 is 6.03. The van der Waals surface area contributed by atoms with Crippen molar-refractivity contribution >= 4 is 17.3 Å². The summed E-state index contributed by atoms with van der Waals surface area (Å²) in [5.41, 5.74) is 7.14. The molecule has 0 aliphatic rings. The zero-order valence-corrected chi connectivity index (χ0v) is 8.36. The van der Waals surface area contributed by atoms with E-state index in [1.165, 1.54) is 0 Å². The first-order valence-corrected chi connectivity index (χ1v) is 4.48. The van der Waals surface area contributed by atoms with E-state index in [9.17, 15) is 0 Å². The zero-order valence-electron chi connectivity index (χ0n) is 7.61. The van der Waals surface area contributed by atoms with Crippen molar-refractivity contribution < 1.29 is 0 Å². The van der Waals surface area contributed by atoms with Gasteiger partial charge in [0.05, 0.1) is 10.7 Å². The maximum absolute atomic E-state index is 6.03. The second kappa shape index (κ2) is 3.31. The van der Waals surface area contributed by atoms with E-state index < -0.39 is 0 Å². The number of hydrogen-bond acceptors (Lipinski definition) is 3. The Kier molecular flexibility index (Phi) is 2.13. The molecule has 2 N–H and O–H groups in total. The first-order chi connectivity index (χ1) is 6.68. The lowest BCUT2D eigenvalue weighted by molar-refractivity contribution is 0.970.